The fourth-order valence-electron chi connectivity index (χ4n) is 2.96. The molecule has 1 aromatic rings. The first-order valence-corrected chi connectivity index (χ1v) is 8.28. The maximum atomic E-state index is 12.1. The number of likely N-dealkylation sites (tertiary alicyclic amines) is 1. The molecule has 6 nitrogen and oxygen atoms in total. The molecular weight excluding hydrogens is 332 g/mol. The lowest BCUT2D eigenvalue weighted by Crippen LogP contribution is -2.38. The van der Waals surface area contributed by atoms with Crippen LogP contribution in [-0.2, 0) is 14.4 Å². The van der Waals surface area contributed by atoms with Gasteiger partial charge in [-0.3, -0.25) is 14.4 Å². The fraction of sp³-hybridized carbons (Fsp3) is 0.471. The van der Waals surface area contributed by atoms with Crippen LogP contribution in [0.5, 0.6) is 0 Å². The quantitative estimate of drug-likeness (QED) is 0.737. The molecule has 24 heavy (non-hydrogen) atoms. The summed E-state index contributed by atoms with van der Waals surface area (Å²) in [5.74, 6) is -1.04. The van der Waals surface area contributed by atoms with Crippen molar-refractivity contribution in [2.24, 2.45) is 0 Å². The largest absolute Gasteiger partial charge is 0.481 e. The van der Waals surface area contributed by atoms with Crippen molar-refractivity contribution in [2.45, 2.75) is 44.2 Å². The summed E-state index contributed by atoms with van der Waals surface area (Å²) in [6.07, 6.45) is 1.55. The number of hydrogen-bond donors (Lipinski definition) is 2. The lowest BCUT2D eigenvalue weighted by atomic mass is 10.00. The van der Waals surface area contributed by atoms with Crippen LogP contribution in [0.25, 0.3) is 0 Å². The number of aliphatic carboxylic acids is 1. The molecule has 0 aliphatic carbocycles. The van der Waals surface area contributed by atoms with Gasteiger partial charge < -0.3 is 15.3 Å². The summed E-state index contributed by atoms with van der Waals surface area (Å²) in [5, 5.41) is 12.1. The first-order chi connectivity index (χ1) is 11.4. The number of halogens is 1. The number of carbonyl (C=O) groups is 3. The Labute approximate surface area is 145 Å². The zero-order valence-electron chi connectivity index (χ0n) is 13.5. The molecule has 2 N–H and O–H groups in total. The summed E-state index contributed by atoms with van der Waals surface area (Å²) in [7, 11) is 1.72. The molecule has 130 valence electrons. The molecule has 1 aromatic carbocycles. The molecule has 2 atom stereocenters. The zero-order chi connectivity index (χ0) is 17.7. The molecule has 2 unspecified atom stereocenters. The Hall–Kier alpha value is -2.08. The topological polar surface area (TPSA) is 86.7 Å². The Bertz CT molecular complexity index is 618. The minimum atomic E-state index is -0.860. The maximum Gasteiger partial charge on any atom is 0.303 e. The molecule has 0 aromatic heterocycles. The van der Waals surface area contributed by atoms with E-state index in [1.165, 1.54) is 0 Å². The predicted octanol–water partition coefficient (Wildman–Crippen LogP) is 2.37. The van der Waals surface area contributed by atoms with E-state index in [-0.39, 0.29) is 43.2 Å². The van der Waals surface area contributed by atoms with E-state index in [2.05, 4.69) is 5.32 Å². The van der Waals surface area contributed by atoms with Gasteiger partial charge in [-0.1, -0.05) is 23.7 Å². The molecule has 1 heterocycles. The zero-order valence-corrected chi connectivity index (χ0v) is 14.3. The Morgan fingerprint density at radius 1 is 1.25 bits per heavy atom. The number of likely N-dealkylation sites (N-methyl/N-ethyl adjacent to an activating group) is 1. The van der Waals surface area contributed by atoms with Crippen LogP contribution < -0.4 is 5.32 Å². The number of carboxylic acids is 1. The van der Waals surface area contributed by atoms with Crippen LogP contribution in [0.4, 0.5) is 0 Å². The lowest BCUT2D eigenvalue weighted by molar-refractivity contribution is -0.137. The molecule has 0 spiro atoms. The number of amides is 2. The summed E-state index contributed by atoms with van der Waals surface area (Å²) in [5.41, 5.74) is 0.920. The van der Waals surface area contributed by atoms with E-state index in [9.17, 15) is 14.4 Å². The number of unbranched alkanes of at least 4 members (excludes halogenated alkanes) is 1. The molecule has 0 saturated carbocycles. The third kappa shape index (κ3) is 4.71. The van der Waals surface area contributed by atoms with Gasteiger partial charge in [0, 0.05) is 31.3 Å². The number of hydrogen-bond acceptors (Lipinski definition) is 3. The molecule has 1 fully saturated rings. The first-order valence-electron chi connectivity index (χ1n) is 7.90. The van der Waals surface area contributed by atoms with Gasteiger partial charge in [-0.25, -0.2) is 0 Å². The summed E-state index contributed by atoms with van der Waals surface area (Å²) in [6.45, 7) is 0. The summed E-state index contributed by atoms with van der Waals surface area (Å²) < 4.78 is 0. The van der Waals surface area contributed by atoms with E-state index in [1.54, 1.807) is 24.1 Å². The second kappa shape index (κ2) is 8.15. The maximum absolute atomic E-state index is 12.1. The smallest absolute Gasteiger partial charge is 0.303 e. The molecule has 1 aliphatic heterocycles. The van der Waals surface area contributed by atoms with Gasteiger partial charge in [-0.15, -0.1) is 0 Å². The SMILES string of the molecule is CN1C(=O)CC(NC(=O)CCCCC(=O)O)C1c1ccc(Cl)cc1. The van der Waals surface area contributed by atoms with Gasteiger partial charge in [0.05, 0.1) is 12.1 Å². The Morgan fingerprint density at radius 3 is 2.50 bits per heavy atom. The van der Waals surface area contributed by atoms with Gasteiger partial charge in [0.1, 0.15) is 0 Å². The standard InChI is InChI=1S/C17H21ClN2O4/c1-20-15(22)10-13(17(20)11-6-8-12(18)9-7-11)19-14(21)4-2-3-5-16(23)24/h6-9,13,17H,2-5,10H2,1H3,(H,19,21)(H,23,24). The van der Waals surface area contributed by atoms with E-state index in [4.69, 9.17) is 16.7 Å². The molecule has 0 radical (unpaired) electrons. The van der Waals surface area contributed by atoms with Crippen LogP contribution in [0.15, 0.2) is 24.3 Å². The van der Waals surface area contributed by atoms with Crippen molar-refractivity contribution in [3.63, 3.8) is 0 Å². The molecule has 0 bridgehead atoms. The van der Waals surface area contributed by atoms with Gasteiger partial charge in [0.15, 0.2) is 0 Å². The number of carbonyl (C=O) groups excluding carboxylic acids is 2. The highest BCUT2D eigenvalue weighted by atomic mass is 35.5. The summed E-state index contributed by atoms with van der Waals surface area (Å²) in [4.78, 5) is 36.2. The molecule has 2 rings (SSSR count). The third-order valence-electron chi connectivity index (χ3n) is 4.19. The number of nitrogens with zero attached hydrogens (tertiary/aromatic N) is 1. The van der Waals surface area contributed by atoms with E-state index in [1.807, 2.05) is 12.1 Å². The highest BCUT2D eigenvalue weighted by Gasteiger charge is 2.39. The van der Waals surface area contributed by atoms with Crippen LogP contribution in [0.1, 0.15) is 43.7 Å². The number of benzene rings is 1. The van der Waals surface area contributed by atoms with Gasteiger partial charge in [-0.2, -0.15) is 0 Å². The minimum absolute atomic E-state index is 0.0221. The first kappa shape index (κ1) is 18.3. The second-order valence-corrected chi connectivity index (χ2v) is 6.42. The number of nitrogens with one attached hydrogen (secondary N) is 1. The molecule has 7 heteroatoms. The summed E-state index contributed by atoms with van der Waals surface area (Å²) in [6, 6.07) is 6.71. The van der Waals surface area contributed by atoms with Crippen LogP contribution in [0.3, 0.4) is 0 Å². The van der Waals surface area contributed by atoms with Crippen molar-refractivity contribution in [3.05, 3.63) is 34.9 Å². The summed E-state index contributed by atoms with van der Waals surface area (Å²) >= 11 is 5.91. The van der Waals surface area contributed by atoms with Crippen molar-refractivity contribution >= 4 is 29.4 Å². The van der Waals surface area contributed by atoms with Crippen molar-refractivity contribution in [1.82, 2.24) is 10.2 Å². The van der Waals surface area contributed by atoms with Crippen molar-refractivity contribution in [2.75, 3.05) is 7.05 Å². The highest BCUT2D eigenvalue weighted by Crippen LogP contribution is 2.32. The predicted molar refractivity (Wildman–Crippen MR) is 89.6 cm³/mol. The number of rotatable bonds is 7. The van der Waals surface area contributed by atoms with Gasteiger partial charge >= 0.3 is 5.97 Å². The average molecular weight is 353 g/mol. The molecule has 2 amide bonds. The van der Waals surface area contributed by atoms with E-state index in [0.29, 0.717) is 17.9 Å². The Balaban J connectivity index is 1.96. The van der Waals surface area contributed by atoms with Crippen LogP contribution in [-0.4, -0.2) is 40.9 Å². The van der Waals surface area contributed by atoms with Gasteiger partial charge in [0.2, 0.25) is 11.8 Å². The molecule has 1 saturated heterocycles. The molecular formula is C17H21ClN2O4. The van der Waals surface area contributed by atoms with Crippen LogP contribution in [0, 0.1) is 0 Å². The normalized spacial score (nSPS) is 20.2. The van der Waals surface area contributed by atoms with E-state index in [0.717, 1.165) is 5.56 Å². The van der Waals surface area contributed by atoms with Gasteiger partial charge in [0.25, 0.3) is 0 Å². The van der Waals surface area contributed by atoms with E-state index >= 15 is 0 Å². The second-order valence-electron chi connectivity index (χ2n) is 5.98. The van der Waals surface area contributed by atoms with E-state index < -0.39 is 5.97 Å². The van der Waals surface area contributed by atoms with Crippen molar-refractivity contribution < 1.29 is 19.5 Å². The third-order valence-corrected chi connectivity index (χ3v) is 4.44. The fourth-order valence-corrected chi connectivity index (χ4v) is 3.08. The van der Waals surface area contributed by atoms with Crippen LogP contribution >= 0.6 is 11.6 Å². The number of carboxylic acid groups (broad SMARTS) is 1. The van der Waals surface area contributed by atoms with Crippen molar-refractivity contribution in [1.29, 1.82) is 0 Å². The molecule has 1 aliphatic rings. The van der Waals surface area contributed by atoms with Crippen molar-refractivity contribution in [3.8, 4) is 0 Å². The highest BCUT2D eigenvalue weighted by molar-refractivity contribution is 6.30. The monoisotopic (exact) mass is 352 g/mol. The lowest BCUT2D eigenvalue weighted by Gasteiger charge is -2.26. The Kier molecular flexibility index (Phi) is 6.20. The minimum Gasteiger partial charge on any atom is -0.481 e. The average Bonchev–Trinajstić information content (AvgIpc) is 2.79. The Morgan fingerprint density at radius 2 is 1.88 bits per heavy atom. The van der Waals surface area contributed by atoms with Crippen LogP contribution in [0.2, 0.25) is 5.02 Å². The van der Waals surface area contributed by atoms with Gasteiger partial charge in [-0.05, 0) is 30.5 Å².